The van der Waals surface area contributed by atoms with Gasteiger partial charge in [0.2, 0.25) is 0 Å². The van der Waals surface area contributed by atoms with E-state index < -0.39 is 0 Å². The van der Waals surface area contributed by atoms with Crippen LogP contribution in [0.25, 0.3) is 10.8 Å². The van der Waals surface area contributed by atoms with Crippen LogP contribution in [0.15, 0.2) is 36.4 Å². The van der Waals surface area contributed by atoms with Crippen LogP contribution < -0.4 is 0 Å². The van der Waals surface area contributed by atoms with E-state index in [0.717, 1.165) is 22.8 Å². The number of rotatable bonds is 2. The number of alkyl halides is 1. The fourth-order valence-electron chi connectivity index (χ4n) is 1.61. The average molecular weight is 249 g/mol. The van der Waals surface area contributed by atoms with Gasteiger partial charge in [0.1, 0.15) is 6.29 Å². The van der Waals surface area contributed by atoms with Crippen LogP contribution in [-0.4, -0.2) is 6.29 Å². The second-order valence-electron chi connectivity index (χ2n) is 3.11. The van der Waals surface area contributed by atoms with Gasteiger partial charge in [0.05, 0.1) is 0 Å². The highest BCUT2D eigenvalue weighted by atomic mass is 79.9. The zero-order valence-electron chi connectivity index (χ0n) is 7.53. The molecule has 0 heterocycles. The van der Waals surface area contributed by atoms with Crippen molar-refractivity contribution in [2.75, 3.05) is 0 Å². The summed E-state index contributed by atoms with van der Waals surface area (Å²) >= 11 is 3.41. The second-order valence-corrected chi connectivity index (χ2v) is 3.67. The van der Waals surface area contributed by atoms with Crippen LogP contribution >= 0.6 is 15.9 Å². The topological polar surface area (TPSA) is 17.1 Å². The van der Waals surface area contributed by atoms with Crippen molar-refractivity contribution >= 4 is 33.0 Å². The lowest BCUT2D eigenvalue weighted by molar-refractivity contribution is 0.112. The zero-order chi connectivity index (χ0) is 9.97. The molecular weight excluding hydrogens is 240 g/mol. The molecule has 1 nitrogen and oxygen atoms in total. The second kappa shape index (κ2) is 3.93. The summed E-state index contributed by atoms with van der Waals surface area (Å²) in [5, 5.41) is 3.03. The molecule has 0 amide bonds. The molecule has 0 saturated carbocycles. The van der Waals surface area contributed by atoms with Gasteiger partial charge in [-0.2, -0.15) is 0 Å². The van der Waals surface area contributed by atoms with E-state index in [1.54, 1.807) is 0 Å². The molecule has 14 heavy (non-hydrogen) atoms. The summed E-state index contributed by atoms with van der Waals surface area (Å²) in [7, 11) is 0. The summed E-state index contributed by atoms with van der Waals surface area (Å²) in [4.78, 5) is 10.8. The Balaban J connectivity index is 2.83. The molecule has 0 aliphatic carbocycles. The number of fused-ring (bicyclic) bond motifs is 1. The molecule has 0 spiro atoms. The third-order valence-electron chi connectivity index (χ3n) is 2.34. The van der Waals surface area contributed by atoms with E-state index in [1.807, 2.05) is 30.3 Å². The predicted molar refractivity (Wildman–Crippen MR) is 62.0 cm³/mol. The molecule has 70 valence electrons. The summed E-state index contributed by atoms with van der Waals surface area (Å²) in [6, 6.07) is 11.9. The Morgan fingerprint density at radius 3 is 2.64 bits per heavy atom. The molecule has 0 aromatic heterocycles. The average Bonchev–Trinajstić information content (AvgIpc) is 2.27. The highest BCUT2D eigenvalue weighted by Gasteiger charge is 2.04. The minimum absolute atomic E-state index is 0.711. The standard InChI is InChI=1S/C12H9BrO/c13-7-12-10(8-14)6-5-9-3-1-2-4-11(9)12/h1-6,8H,7H2. The molecule has 0 atom stereocenters. The van der Waals surface area contributed by atoms with E-state index >= 15 is 0 Å². The highest BCUT2D eigenvalue weighted by molar-refractivity contribution is 9.08. The van der Waals surface area contributed by atoms with Gasteiger partial charge in [0.15, 0.2) is 0 Å². The first kappa shape index (κ1) is 9.41. The number of hydrogen-bond donors (Lipinski definition) is 0. The lowest BCUT2D eigenvalue weighted by Crippen LogP contribution is -1.90. The van der Waals surface area contributed by atoms with Crippen molar-refractivity contribution in [2.24, 2.45) is 0 Å². The first-order chi connectivity index (χ1) is 6.86. The Labute approximate surface area is 90.9 Å². The molecule has 0 saturated heterocycles. The van der Waals surface area contributed by atoms with Crippen molar-refractivity contribution < 1.29 is 4.79 Å². The molecule has 0 aliphatic heterocycles. The van der Waals surface area contributed by atoms with E-state index in [1.165, 1.54) is 5.39 Å². The van der Waals surface area contributed by atoms with E-state index in [4.69, 9.17) is 0 Å². The maximum absolute atomic E-state index is 10.8. The molecule has 0 unspecified atom stereocenters. The third kappa shape index (κ3) is 1.46. The fraction of sp³-hybridized carbons (Fsp3) is 0.0833. The Bertz CT molecular complexity index is 477. The van der Waals surface area contributed by atoms with Crippen molar-refractivity contribution in [2.45, 2.75) is 5.33 Å². The Morgan fingerprint density at radius 2 is 1.93 bits per heavy atom. The molecule has 0 aliphatic rings. The van der Waals surface area contributed by atoms with Gasteiger partial charge >= 0.3 is 0 Å². The van der Waals surface area contributed by atoms with Crippen molar-refractivity contribution in [1.82, 2.24) is 0 Å². The van der Waals surface area contributed by atoms with Crippen LogP contribution in [-0.2, 0) is 5.33 Å². The number of aldehydes is 1. The number of carbonyl (C=O) groups excluding carboxylic acids is 1. The maximum Gasteiger partial charge on any atom is 0.150 e. The van der Waals surface area contributed by atoms with Crippen LogP contribution in [0.2, 0.25) is 0 Å². The highest BCUT2D eigenvalue weighted by Crippen LogP contribution is 2.23. The molecular formula is C12H9BrO. The van der Waals surface area contributed by atoms with Crippen molar-refractivity contribution in [1.29, 1.82) is 0 Å². The number of benzene rings is 2. The first-order valence-electron chi connectivity index (χ1n) is 4.38. The van der Waals surface area contributed by atoms with Crippen molar-refractivity contribution in [3.05, 3.63) is 47.5 Å². The minimum Gasteiger partial charge on any atom is -0.298 e. The summed E-state index contributed by atoms with van der Waals surface area (Å²) in [6.45, 7) is 0. The van der Waals surface area contributed by atoms with Crippen LogP contribution in [0.1, 0.15) is 15.9 Å². The number of halogens is 1. The van der Waals surface area contributed by atoms with Crippen LogP contribution in [0.5, 0.6) is 0 Å². The molecule has 2 rings (SSSR count). The summed E-state index contributed by atoms with van der Waals surface area (Å²) in [6.07, 6.45) is 0.906. The molecule has 2 aromatic rings. The molecule has 2 aromatic carbocycles. The monoisotopic (exact) mass is 248 g/mol. The number of hydrogen-bond acceptors (Lipinski definition) is 1. The van der Waals surface area contributed by atoms with Gasteiger partial charge in [-0.1, -0.05) is 52.3 Å². The molecule has 0 radical (unpaired) electrons. The van der Waals surface area contributed by atoms with Crippen LogP contribution in [0, 0.1) is 0 Å². The molecule has 2 heteroatoms. The molecule has 0 fully saturated rings. The van der Waals surface area contributed by atoms with Gasteiger partial charge in [-0.05, 0) is 16.3 Å². The number of carbonyl (C=O) groups is 1. The Morgan fingerprint density at radius 1 is 1.14 bits per heavy atom. The summed E-state index contributed by atoms with van der Waals surface area (Å²) < 4.78 is 0. The van der Waals surface area contributed by atoms with Gasteiger partial charge < -0.3 is 0 Å². The lowest BCUT2D eigenvalue weighted by Gasteiger charge is -2.05. The third-order valence-corrected chi connectivity index (χ3v) is 2.90. The van der Waals surface area contributed by atoms with Gasteiger partial charge in [-0.3, -0.25) is 4.79 Å². The zero-order valence-corrected chi connectivity index (χ0v) is 9.12. The minimum atomic E-state index is 0.711. The van der Waals surface area contributed by atoms with Gasteiger partial charge in [0, 0.05) is 10.9 Å². The largest absolute Gasteiger partial charge is 0.298 e. The van der Waals surface area contributed by atoms with Crippen molar-refractivity contribution in [3.63, 3.8) is 0 Å². The van der Waals surface area contributed by atoms with Gasteiger partial charge in [-0.15, -0.1) is 0 Å². The van der Waals surface area contributed by atoms with Crippen LogP contribution in [0.4, 0.5) is 0 Å². The SMILES string of the molecule is O=Cc1ccc2ccccc2c1CBr. The van der Waals surface area contributed by atoms with Gasteiger partial charge in [-0.25, -0.2) is 0 Å². The lowest BCUT2D eigenvalue weighted by atomic mass is 10.0. The smallest absolute Gasteiger partial charge is 0.150 e. The maximum atomic E-state index is 10.8. The molecule has 0 bridgehead atoms. The Hall–Kier alpha value is -1.15. The van der Waals surface area contributed by atoms with Gasteiger partial charge in [0.25, 0.3) is 0 Å². The summed E-state index contributed by atoms with van der Waals surface area (Å²) in [5.74, 6) is 0. The predicted octanol–water partition coefficient (Wildman–Crippen LogP) is 3.55. The normalized spacial score (nSPS) is 10.4. The van der Waals surface area contributed by atoms with E-state index in [0.29, 0.717) is 5.33 Å². The molecule has 0 N–H and O–H groups in total. The van der Waals surface area contributed by atoms with Crippen LogP contribution in [0.3, 0.4) is 0 Å². The summed E-state index contributed by atoms with van der Waals surface area (Å²) in [5.41, 5.74) is 1.83. The fourth-order valence-corrected chi connectivity index (χ4v) is 2.24. The van der Waals surface area contributed by atoms with E-state index in [-0.39, 0.29) is 0 Å². The quantitative estimate of drug-likeness (QED) is 0.587. The Kier molecular flexibility index (Phi) is 2.64. The van der Waals surface area contributed by atoms with E-state index in [2.05, 4.69) is 22.0 Å². The van der Waals surface area contributed by atoms with Crippen molar-refractivity contribution in [3.8, 4) is 0 Å². The van der Waals surface area contributed by atoms with E-state index in [9.17, 15) is 4.79 Å². The first-order valence-corrected chi connectivity index (χ1v) is 5.50.